The molecular weight excluding hydrogens is 401 g/mol. The number of nitrogens with two attached hydrogens (primary N) is 2. The zero-order valence-corrected chi connectivity index (χ0v) is 16.6. The summed E-state index contributed by atoms with van der Waals surface area (Å²) in [6.45, 7) is 1.47. The minimum Gasteiger partial charge on any atom is -0.506 e. The van der Waals surface area contributed by atoms with E-state index >= 15 is 0 Å². The number of amides is 1. The molecule has 3 aromatic rings. The number of rotatable bonds is 4. The Bertz CT molecular complexity index is 1120. The first-order chi connectivity index (χ1) is 14.9. The van der Waals surface area contributed by atoms with Crippen LogP contribution in [0.5, 0.6) is 5.75 Å². The normalized spacial score (nSPS) is 16.2. The summed E-state index contributed by atoms with van der Waals surface area (Å²) >= 11 is 0. The molecule has 6 N–H and O–H groups in total. The van der Waals surface area contributed by atoms with Gasteiger partial charge in [-0.2, -0.15) is 0 Å². The van der Waals surface area contributed by atoms with Gasteiger partial charge in [0.05, 0.1) is 23.3 Å². The number of nitrogen functional groups attached to an aromatic ring is 1. The van der Waals surface area contributed by atoms with Crippen molar-refractivity contribution in [2.24, 2.45) is 5.73 Å². The van der Waals surface area contributed by atoms with E-state index in [1.807, 2.05) is 0 Å². The van der Waals surface area contributed by atoms with E-state index in [-0.39, 0.29) is 34.6 Å². The average Bonchev–Trinajstić information content (AvgIpc) is 2.75. The molecule has 0 saturated carbocycles. The Morgan fingerprint density at radius 1 is 1.29 bits per heavy atom. The summed E-state index contributed by atoms with van der Waals surface area (Å²) < 4.78 is 14.5. The molecule has 0 radical (unpaired) electrons. The highest BCUT2D eigenvalue weighted by Gasteiger charge is 2.23. The van der Waals surface area contributed by atoms with E-state index in [4.69, 9.17) is 11.5 Å². The van der Waals surface area contributed by atoms with Gasteiger partial charge in [-0.05, 0) is 31.0 Å². The highest BCUT2D eigenvalue weighted by Crippen LogP contribution is 2.31. The number of anilines is 3. The van der Waals surface area contributed by atoms with E-state index in [0.717, 1.165) is 31.1 Å². The van der Waals surface area contributed by atoms with Crippen LogP contribution in [-0.4, -0.2) is 45.1 Å². The highest BCUT2D eigenvalue weighted by atomic mass is 19.1. The van der Waals surface area contributed by atoms with Gasteiger partial charge in [-0.1, -0.05) is 0 Å². The van der Waals surface area contributed by atoms with Gasteiger partial charge in [-0.25, -0.2) is 9.37 Å². The lowest BCUT2D eigenvalue weighted by molar-refractivity contribution is 0.102. The fourth-order valence-electron chi connectivity index (χ4n) is 3.60. The second-order valence-electron chi connectivity index (χ2n) is 7.32. The Labute approximate surface area is 177 Å². The Morgan fingerprint density at radius 3 is 2.90 bits per heavy atom. The van der Waals surface area contributed by atoms with E-state index in [0.29, 0.717) is 12.2 Å². The minimum atomic E-state index is -0.799. The summed E-state index contributed by atoms with van der Waals surface area (Å²) in [7, 11) is 0. The standard InChI is InChI=1S/C21H22FN7O2/c22-13-9-14(24)19(28-18(13)20-17(30)4-1-6-26-20)21(31)27-15-10-25-7-5-16(15)29-8-2-3-12(23)11-29/h1,4-7,9-10,12,30H,2-3,8,11,23-24H2,(H,27,31)/t12-/m0/s1. The van der Waals surface area contributed by atoms with E-state index in [1.165, 1.54) is 24.5 Å². The number of nitrogens with zero attached hydrogens (tertiary/aromatic N) is 4. The molecule has 10 heteroatoms. The first-order valence-electron chi connectivity index (χ1n) is 9.80. The minimum absolute atomic E-state index is 0.0495. The van der Waals surface area contributed by atoms with Gasteiger partial charge < -0.3 is 26.8 Å². The number of halogens is 1. The molecule has 0 unspecified atom stereocenters. The fourth-order valence-corrected chi connectivity index (χ4v) is 3.60. The monoisotopic (exact) mass is 423 g/mol. The number of aromatic hydroxyl groups is 1. The number of carbonyl (C=O) groups excluding carboxylic acids is 1. The smallest absolute Gasteiger partial charge is 0.276 e. The highest BCUT2D eigenvalue weighted by molar-refractivity contribution is 6.08. The van der Waals surface area contributed by atoms with Crippen LogP contribution < -0.4 is 21.7 Å². The molecule has 3 aromatic heterocycles. The molecule has 1 fully saturated rings. The Balaban J connectivity index is 1.66. The van der Waals surface area contributed by atoms with Crippen LogP contribution in [0, 0.1) is 5.82 Å². The van der Waals surface area contributed by atoms with Crippen LogP contribution in [-0.2, 0) is 0 Å². The number of aromatic nitrogens is 3. The van der Waals surface area contributed by atoms with Crippen molar-refractivity contribution in [2.45, 2.75) is 18.9 Å². The zero-order valence-electron chi connectivity index (χ0n) is 16.6. The van der Waals surface area contributed by atoms with Crippen LogP contribution in [0.15, 0.2) is 42.9 Å². The lowest BCUT2D eigenvalue weighted by Crippen LogP contribution is -2.43. The molecule has 0 spiro atoms. The molecule has 1 aliphatic rings. The Kier molecular flexibility index (Phi) is 5.63. The molecule has 1 saturated heterocycles. The number of hydrogen-bond donors (Lipinski definition) is 4. The number of pyridine rings is 3. The van der Waals surface area contributed by atoms with E-state index in [9.17, 15) is 14.3 Å². The van der Waals surface area contributed by atoms with Gasteiger partial charge in [0, 0.05) is 37.6 Å². The number of hydrogen-bond acceptors (Lipinski definition) is 8. The summed E-state index contributed by atoms with van der Waals surface area (Å²) in [5.74, 6) is -1.70. The van der Waals surface area contributed by atoms with Crippen molar-refractivity contribution in [2.75, 3.05) is 29.0 Å². The molecular formula is C21H22FN7O2. The molecule has 1 atom stereocenters. The van der Waals surface area contributed by atoms with Crippen LogP contribution in [0.2, 0.25) is 0 Å². The van der Waals surface area contributed by atoms with Gasteiger partial charge in [0.25, 0.3) is 5.91 Å². The average molecular weight is 423 g/mol. The lowest BCUT2D eigenvalue weighted by atomic mass is 10.1. The predicted molar refractivity (Wildman–Crippen MR) is 115 cm³/mol. The van der Waals surface area contributed by atoms with Crippen molar-refractivity contribution in [3.8, 4) is 17.1 Å². The van der Waals surface area contributed by atoms with Gasteiger partial charge >= 0.3 is 0 Å². The molecule has 160 valence electrons. The molecule has 0 aromatic carbocycles. The molecule has 4 heterocycles. The van der Waals surface area contributed by atoms with Crippen LogP contribution >= 0.6 is 0 Å². The molecule has 9 nitrogen and oxygen atoms in total. The number of piperidine rings is 1. The van der Waals surface area contributed by atoms with Crippen molar-refractivity contribution in [1.82, 2.24) is 15.0 Å². The third kappa shape index (κ3) is 4.24. The zero-order chi connectivity index (χ0) is 22.0. The summed E-state index contributed by atoms with van der Waals surface area (Å²) in [6, 6.07) is 5.68. The van der Waals surface area contributed by atoms with Crippen LogP contribution in [0.3, 0.4) is 0 Å². The van der Waals surface area contributed by atoms with Gasteiger partial charge in [0.15, 0.2) is 11.5 Å². The number of nitrogens with one attached hydrogen (secondary N) is 1. The fraction of sp³-hybridized carbons (Fsp3) is 0.238. The van der Waals surface area contributed by atoms with E-state index in [1.54, 1.807) is 12.3 Å². The summed E-state index contributed by atoms with van der Waals surface area (Å²) in [5, 5.41) is 12.8. The SMILES string of the molecule is Nc1cc(F)c(-c2ncccc2O)nc1C(=O)Nc1cnccc1N1CCC[C@H](N)C1. The topological polar surface area (TPSA) is 143 Å². The van der Waals surface area contributed by atoms with Gasteiger partial charge in [0.2, 0.25) is 0 Å². The van der Waals surface area contributed by atoms with Crippen molar-refractivity contribution in [1.29, 1.82) is 0 Å². The lowest BCUT2D eigenvalue weighted by Gasteiger charge is -2.33. The van der Waals surface area contributed by atoms with Crippen LogP contribution in [0.4, 0.5) is 21.5 Å². The molecule has 1 aliphatic heterocycles. The third-order valence-electron chi connectivity index (χ3n) is 5.08. The maximum absolute atomic E-state index is 14.5. The van der Waals surface area contributed by atoms with Crippen LogP contribution in [0.1, 0.15) is 23.3 Å². The quantitative estimate of drug-likeness (QED) is 0.500. The van der Waals surface area contributed by atoms with Crippen molar-refractivity contribution in [3.63, 3.8) is 0 Å². The van der Waals surface area contributed by atoms with Gasteiger partial charge in [-0.15, -0.1) is 0 Å². The van der Waals surface area contributed by atoms with Gasteiger partial charge in [-0.3, -0.25) is 14.8 Å². The molecule has 1 amide bonds. The van der Waals surface area contributed by atoms with E-state index in [2.05, 4.69) is 25.2 Å². The number of carbonyl (C=O) groups is 1. The Hall–Kier alpha value is -3.79. The first-order valence-corrected chi connectivity index (χ1v) is 9.80. The summed E-state index contributed by atoms with van der Waals surface area (Å²) in [6.07, 6.45) is 6.44. The van der Waals surface area contributed by atoms with Crippen LogP contribution in [0.25, 0.3) is 11.4 Å². The molecule has 31 heavy (non-hydrogen) atoms. The molecule has 0 bridgehead atoms. The summed E-state index contributed by atoms with van der Waals surface area (Å²) in [5.41, 5.74) is 12.5. The van der Waals surface area contributed by atoms with Gasteiger partial charge in [0.1, 0.15) is 17.1 Å². The second kappa shape index (κ2) is 8.52. The van der Waals surface area contributed by atoms with Crippen molar-refractivity contribution < 1.29 is 14.3 Å². The molecule has 4 rings (SSSR count). The predicted octanol–water partition coefficient (Wildman–Crippen LogP) is 2.15. The maximum atomic E-state index is 14.5. The third-order valence-corrected chi connectivity index (χ3v) is 5.08. The first kappa shape index (κ1) is 20.5. The van der Waals surface area contributed by atoms with Crippen molar-refractivity contribution >= 4 is 23.0 Å². The van der Waals surface area contributed by atoms with E-state index < -0.39 is 11.7 Å². The largest absolute Gasteiger partial charge is 0.506 e. The van der Waals surface area contributed by atoms with Crippen molar-refractivity contribution in [3.05, 3.63) is 54.4 Å². The Morgan fingerprint density at radius 2 is 2.13 bits per heavy atom. The molecule has 0 aliphatic carbocycles. The summed E-state index contributed by atoms with van der Waals surface area (Å²) in [4.78, 5) is 27.2. The second-order valence-corrected chi connectivity index (χ2v) is 7.32. The maximum Gasteiger partial charge on any atom is 0.276 e.